The second-order valence-corrected chi connectivity index (χ2v) is 4.48. The van der Waals surface area contributed by atoms with Crippen LogP contribution >= 0.6 is 0 Å². The van der Waals surface area contributed by atoms with Crippen LogP contribution in [0.4, 0.5) is 0 Å². The number of amides is 1. The monoisotopic (exact) mass is 277 g/mol. The minimum absolute atomic E-state index is 0.171. The molecule has 0 fully saturated rings. The van der Waals surface area contributed by atoms with Gasteiger partial charge in [0.05, 0.1) is 12.1 Å². The van der Waals surface area contributed by atoms with E-state index in [2.05, 4.69) is 5.32 Å². The lowest BCUT2D eigenvalue weighted by Crippen LogP contribution is -2.38. The van der Waals surface area contributed by atoms with E-state index >= 15 is 0 Å². The molecule has 1 aromatic rings. The molecule has 0 heterocycles. The summed E-state index contributed by atoms with van der Waals surface area (Å²) in [6, 6.07) is 8.45. The van der Waals surface area contributed by atoms with E-state index in [4.69, 9.17) is 5.11 Å². The molecule has 1 aromatic carbocycles. The summed E-state index contributed by atoms with van der Waals surface area (Å²) in [7, 11) is 0. The maximum absolute atomic E-state index is 11.9. The van der Waals surface area contributed by atoms with E-state index in [9.17, 15) is 14.7 Å². The fourth-order valence-electron chi connectivity index (χ4n) is 1.79. The minimum Gasteiger partial charge on any atom is -0.478 e. The van der Waals surface area contributed by atoms with E-state index in [1.165, 1.54) is 0 Å². The van der Waals surface area contributed by atoms with Crippen LogP contribution in [0.3, 0.4) is 0 Å². The van der Waals surface area contributed by atoms with Crippen molar-refractivity contribution >= 4 is 11.9 Å². The number of carbonyl (C=O) groups excluding carboxylic acids is 1. The molecule has 0 saturated heterocycles. The van der Waals surface area contributed by atoms with Gasteiger partial charge in [-0.3, -0.25) is 4.79 Å². The molecule has 20 heavy (non-hydrogen) atoms. The zero-order valence-electron chi connectivity index (χ0n) is 11.5. The number of hydrogen-bond acceptors (Lipinski definition) is 3. The van der Waals surface area contributed by atoms with Gasteiger partial charge >= 0.3 is 5.97 Å². The van der Waals surface area contributed by atoms with E-state index in [1.54, 1.807) is 38.1 Å². The van der Waals surface area contributed by atoms with Gasteiger partial charge in [-0.15, -0.1) is 0 Å². The molecule has 5 heteroatoms. The number of benzene rings is 1. The second kappa shape index (κ2) is 7.45. The fraction of sp³-hybridized carbons (Fsp3) is 0.333. The molecule has 5 nitrogen and oxygen atoms in total. The summed E-state index contributed by atoms with van der Waals surface area (Å²) in [5.74, 6) is -1.63. The fourth-order valence-corrected chi connectivity index (χ4v) is 1.79. The zero-order valence-corrected chi connectivity index (χ0v) is 11.5. The SMILES string of the molecule is CC/C(=C/C(=O)O)C(=O)NC(C)C(O)c1ccccc1. The van der Waals surface area contributed by atoms with Gasteiger partial charge in [-0.25, -0.2) is 4.79 Å². The minimum atomic E-state index is -1.16. The lowest BCUT2D eigenvalue weighted by Gasteiger charge is -2.21. The molecule has 2 atom stereocenters. The van der Waals surface area contributed by atoms with Crippen molar-refractivity contribution in [2.24, 2.45) is 0 Å². The Morgan fingerprint density at radius 2 is 1.90 bits per heavy atom. The van der Waals surface area contributed by atoms with Crippen LogP contribution in [-0.4, -0.2) is 28.1 Å². The highest BCUT2D eigenvalue weighted by atomic mass is 16.4. The Morgan fingerprint density at radius 1 is 1.30 bits per heavy atom. The van der Waals surface area contributed by atoms with Gasteiger partial charge in [0.25, 0.3) is 0 Å². The summed E-state index contributed by atoms with van der Waals surface area (Å²) in [5, 5.41) is 21.4. The number of nitrogens with one attached hydrogen (secondary N) is 1. The third-order valence-corrected chi connectivity index (χ3v) is 2.94. The van der Waals surface area contributed by atoms with Crippen molar-refractivity contribution < 1.29 is 19.8 Å². The van der Waals surface area contributed by atoms with Crippen LogP contribution < -0.4 is 5.32 Å². The molecule has 0 aliphatic heterocycles. The van der Waals surface area contributed by atoms with Crippen LogP contribution in [0.15, 0.2) is 42.0 Å². The van der Waals surface area contributed by atoms with Gasteiger partial charge in [-0.1, -0.05) is 37.3 Å². The Labute approximate surface area is 117 Å². The van der Waals surface area contributed by atoms with Crippen molar-refractivity contribution in [1.29, 1.82) is 0 Å². The van der Waals surface area contributed by atoms with Crippen LogP contribution in [0.25, 0.3) is 0 Å². The van der Waals surface area contributed by atoms with Crippen molar-refractivity contribution in [2.75, 3.05) is 0 Å². The Hall–Kier alpha value is -2.14. The number of hydrogen-bond donors (Lipinski definition) is 3. The first kappa shape index (κ1) is 15.9. The van der Waals surface area contributed by atoms with Gasteiger partial charge < -0.3 is 15.5 Å². The standard InChI is InChI=1S/C15H19NO4/c1-3-11(9-13(17)18)15(20)16-10(2)14(19)12-7-5-4-6-8-12/h4-10,14,19H,3H2,1-2H3,(H,16,20)(H,17,18)/b11-9-. The molecular weight excluding hydrogens is 258 g/mol. The molecular formula is C15H19NO4. The summed E-state index contributed by atoms with van der Waals surface area (Å²) >= 11 is 0. The van der Waals surface area contributed by atoms with Gasteiger partial charge in [-0.2, -0.15) is 0 Å². The quantitative estimate of drug-likeness (QED) is 0.690. The van der Waals surface area contributed by atoms with Gasteiger partial charge in [0.2, 0.25) is 5.91 Å². The highest BCUT2D eigenvalue weighted by Crippen LogP contribution is 2.16. The first-order valence-corrected chi connectivity index (χ1v) is 6.43. The van der Waals surface area contributed by atoms with E-state index in [-0.39, 0.29) is 5.57 Å². The molecule has 1 amide bonds. The molecule has 0 aliphatic rings. The Kier molecular flexibility index (Phi) is 5.93. The first-order chi connectivity index (χ1) is 9.45. The third kappa shape index (κ3) is 4.51. The molecule has 0 bridgehead atoms. The van der Waals surface area contributed by atoms with E-state index in [0.717, 1.165) is 6.08 Å². The average molecular weight is 277 g/mol. The smallest absolute Gasteiger partial charge is 0.328 e. The average Bonchev–Trinajstić information content (AvgIpc) is 2.44. The van der Waals surface area contributed by atoms with Gasteiger partial charge in [0.1, 0.15) is 0 Å². The number of rotatable bonds is 6. The van der Waals surface area contributed by atoms with E-state index in [1.807, 2.05) is 6.07 Å². The summed E-state index contributed by atoms with van der Waals surface area (Å²) < 4.78 is 0. The molecule has 0 radical (unpaired) electrons. The zero-order chi connectivity index (χ0) is 15.1. The van der Waals surface area contributed by atoms with Crippen molar-refractivity contribution in [3.05, 3.63) is 47.5 Å². The summed E-state index contributed by atoms with van der Waals surface area (Å²) in [4.78, 5) is 22.5. The molecule has 0 spiro atoms. The predicted molar refractivity (Wildman–Crippen MR) is 75.0 cm³/mol. The first-order valence-electron chi connectivity index (χ1n) is 6.43. The summed E-state index contributed by atoms with van der Waals surface area (Å²) in [6.07, 6.45) is 0.353. The lowest BCUT2D eigenvalue weighted by atomic mass is 10.0. The Bertz CT molecular complexity index is 496. The molecule has 1 rings (SSSR count). The van der Waals surface area contributed by atoms with Crippen LogP contribution in [-0.2, 0) is 9.59 Å². The van der Waals surface area contributed by atoms with E-state index < -0.39 is 24.0 Å². The van der Waals surface area contributed by atoms with Crippen molar-refractivity contribution in [3.8, 4) is 0 Å². The molecule has 2 unspecified atom stereocenters. The van der Waals surface area contributed by atoms with E-state index in [0.29, 0.717) is 12.0 Å². The lowest BCUT2D eigenvalue weighted by molar-refractivity contribution is -0.132. The molecule has 108 valence electrons. The number of carboxylic acids is 1. The molecule has 3 N–H and O–H groups in total. The largest absolute Gasteiger partial charge is 0.478 e. The highest BCUT2D eigenvalue weighted by Gasteiger charge is 2.19. The Morgan fingerprint density at radius 3 is 2.40 bits per heavy atom. The van der Waals surface area contributed by atoms with Crippen LogP contribution in [0.2, 0.25) is 0 Å². The van der Waals surface area contributed by atoms with Crippen molar-refractivity contribution in [1.82, 2.24) is 5.32 Å². The maximum atomic E-state index is 11.9. The van der Waals surface area contributed by atoms with Crippen LogP contribution in [0, 0.1) is 0 Å². The normalized spacial score (nSPS) is 14.4. The van der Waals surface area contributed by atoms with Crippen LogP contribution in [0.5, 0.6) is 0 Å². The van der Waals surface area contributed by atoms with Crippen molar-refractivity contribution in [2.45, 2.75) is 32.4 Å². The van der Waals surface area contributed by atoms with Crippen LogP contribution in [0.1, 0.15) is 31.9 Å². The number of aliphatic carboxylic acids is 1. The molecule has 0 aromatic heterocycles. The maximum Gasteiger partial charge on any atom is 0.328 e. The highest BCUT2D eigenvalue weighted by molar-refractivity contribution is 5.99. The number of carbonyl (C=O) groups is 2. The number of aliphatic hydroxyl groups is 1. The predicted octanol–water partition coefficient (Wildman–Crippen LogP) is 1.65. The van der Waals surface area contributed by atoms with Crippen molar-refractivity contribution in [3.63, 3.8) is 0 Å². The summed E-state index contributed by atoms with van der Waals surface area (Å²) in [5.41, 5.74) is 0.866. The van der Waals surface area contributed by atoms with Gasteiger partial charge in [-0.05, 0) is 18.9 Å². The number of carboxylic acid groups (broad SMARTS) is 1. The molecule has 0 saturated carbocycles. The van der Waals surface area contributed by atoms with Gasteiger partial charge in [0, 0.05) is 11.6 Å². The van der Waals surface area contributed by atoms with Gasteiger partial charge in [0.15, 0.2) is 0 Å². The topological polar surface area (TPSA) is 86.6 Å². The third-order valence-electron chi connectivity index (χ3n) is 2.94. The Balaban J connectivity index is 2.72. The number of aliphatic hydroxyl groups excluding tert-OH is 1. The summed E-state index contributed by atoms with van der Waals surface area (Å²) in [6.45, 7) is 3.37. The second-order valence-electron chi connectivity index (χ2n) is 4.48. The molecule has 0 aliphatic carbocycles.